The van der Waals surface area contributed by atoms with Gasteiger partial charge in [-0.25, -0.2) is 4.98 Å². The highest BCUT2D eigenvalue weighted by Gasteiger charge is 2.07. The van der Waals surface area contributed by atoms with Crippen LogP contribution in [0.15, 0.2) is 30.3 Å². The van der Waals surface area contributed by atoms with Gasteiger partial charge in [-0.05, 0) is 42.2 Å². The molecule has 0 N–H and O–H groups in total. The van der Waals surface area contributed by atoms with Gasteiger partial charge in [-0.2, -0.15) is 5.26 Å². The van der Waals surface area contributed by atoms with Gasteiger partial charge in [-0.15, -0.1) is 0 Å². The maximum atomic E-state index is 8.90. The highest BCUT2D eigenvalue weighted by molar-refractivity contribution is 6.29. The summed E-state index contributed by atoms with van der Waals surface area (Å²) in [6.45, 7) is 6.36. The van der Waals surface area contributed by atoms with Gasteiger partial charge in [0, 0.05) is 6.07 Å². The summed E-state index contributed by atoms with van der Waals surface area (Å²) in [5.74, 6) is 1.48. The Morgan fingerprint density at radius 1 is 1.25 bits per heavy atom. The van der Waals surface area contributed by atoms with Crippen LogP contribution in [0.25, 0.3) is 0 Å². The van der Waals surface area contributed by atoms with E-state index in [0.29, 0.717) is 23.1 Å². The van der Waals surface area contributed by atoms with Gasteiger partial charge in [0.1, 0.15) is 10.9 Å². The molecule has 20 heavy (non-hydrogen) atoms. The largest absolute Gasteiger partial charge is 0.439 e. The molecule has 0 amide bonds. The van der Waals surface area contributed by atoms with E-state index in [1.165, 1.54) is 17.2 Å². The fraction of sp³-hybridized carbons (Fsp3) is 0.250. The summed E-state index contributed by atoms with van der Waals surface area (Å²) in [5, 5.41) is 9.15. The number of halogens is 1. The Balaban J connectivity index is 2.29. The Labute approximate surface area is 123 Å². The topological polar surface area (TPSA) is 45.9 Å². The molecule has 1 aromatic heterocycles. The van der Waals surface area contributed by atoms with Crippen molar-refractivity contribution in [3.8, 4) is 17.7 Å². The standard InChI is InChI=1S/C16H15ClN2O/c1-10(2)14-5-4-13(6-11(14)3)20-16-8-12(9-18)7-15(17)19-16/h4-8,10H,1-3H3. The van der Waals surface area contributed by atoms with E-state index in [4.69, 9.17) is 21.6 Å². The molecular weight excluding hydrogens is 272 g/mol. The van der Waals surface area contributed by atoms with E-state index < -0.39 is 0 Å². The normalized spacial score (nSPS) is 10.4. The zero-order valence-electron chi connectivity index (χ0n) is 11.6. The molecule has 0 saturated carbocycles. The number of rotatable bonds is 3. The summed E-state index contributed by atoms with van der Waals surface area (Å²) >= 11 is 5.85. The molecule has 0 aliphatic heterocycles. The Hall–Kier alpha value is -2.05. The molecule has 0 spiro atoms. The van der Waals surface area contributed by atoms with Crippen LogP contribution in [0, 0.1) is 18.3 Å². The van der Waals surface area contributed by atoms with Crippen molar-refractivity contribution in [1.82, 2.24) is 4.98 Å². The highest BCUT2D eigenvalue weighted by Crippen LogP contribution is 2.27. The average molecular weight is 287 g/mol. The van der Waals surface area contributed by atoms with Gasteiger partial charge in [-0.1, -0.05) is 31.5 Å². The van der Waals surface area contributed by atoms with E-state index in [-0.39, 0.29) is 5.15 Å². The van der Waals surface area contributed by atoms with Gasteiger partial charge in [-0.3, -0.25) is 0 Å². The van der Waals surface area contributed by atoms with Crippen molar-refractivity contribution in [1.29, 1.82) is 5.26 Å². The lowest BCUT2D eigenvalue weighted by molar-refractivity contribution is 0.462. The number of aryl methyl sites for hydroxylation is 1. The SMILES string of the molecule is Cc1cc(Oc2cc(C#N)cc(Cl)n2)ccc1C(C)C. The predicted molar refractivity (Wildman–Crippen MR) is 79.3 cm³/mol. The van der Waals surface area contributed by atoms with Crippen LogP contribution in [0.3, 0.4) is 0 Å². The molecule has 4 heteroatoms. The molecule has 1 heterocycles. The summed E-state index contributed by atoms with van der Waals surface area (Å²) in [5.41, 5.74) is 2.88. The minimum Gasteiger partial charge on any atom is -0.439 e. The Bertz CT molecular complexity index is 675. The fourth-order valence-electron chi connectivity index (χ4n) is 2.07. The van der Waals surface area contributed by atoms with Gasteiger partial charge in [0.25, 0.3) is 0 Å². The maximum absolute atomic E-state index is 8.90. The van der Waals surface area contributed by atoms with Crippen molar-refractivity contribution in [2.24, 2.45) is 0 Å². The second kappa shape index (κ2) is 5.94. The number of benzene rings is 1. The van der Waals surface area contributed by atoms with Gasteiger partial charge in [0.2, 0.25) is 5.88 Å². The first kappa shape index (κ1) is 14.4. The first-order valence-corrected chi connectivity index (χ1v) is 6.73. The van der Waals surface area contributed by atoms with Gasteiger partial charge >= 0.3 is 0 Å². The summed E-state index contributed by atoms with van der Waals surface area (Å²) in [6, 6.07) is 11.0. The van der Waals surface area contributed by atoms with Crippen molar-refractivity contribution in [3.05, 3.63) is 52.2 Å². The Morgan fingerprint density at radius 2 is 2.00 bits per heavy atom. The third-order valence-corrected chi connectivity index (χ3v) is 3.18. The number of nitriles is 1. The van der Waals surface area contributed by atoms with Crippen molar-refractivity contribution in [2.75, 3.05) is 0 Å². The second-order valence-electron chi connectivity index (χ2n) is 4.90. The molecule has 0 saturated heterocycles. The van der Waals surface area contributed by atoms with Crippen LogP contribution in [-0.2, 0) is 0 Å². The van der Waals surface area contributed by atoms with Crippen LogP contribution >= 0.6 is 11.6 Å². The third kappa shape index (κ3) is 3.28. The van der Waals surface area contributed by atoms with E-state index in [1.807, 2.05) is 31.2 Å². The van der Waals surface area contributed by atoms with Crippen LogP contribution in [-0.4, -0.2) is 4.98 Å². The number of ether oxygens (including phenoxy) is 1. The molecular formula is C16H15ClN2O. The molecule has 2 aromatic rings. The predicted octanol–water partition coefficient (Wildman–Crippen LogP) is 4.83. The maximum Gasteiger partial charge on any atom is 0.221 e. The minimum atomic E-state index is 0.245. The summed E-state index contributed by atoms with van der Waals surface area (Å²) in [6.07, 6.45) is 0. The summed E-state index contributed by atoms with van der Waals surface area (Å²) in [7, 11) is 0. The van der Waals surface area contributed by atoms with Crippen LogP contribution in [0.2, 0.25) is 5.15 Å². The summed E-state index contributed by atoms with van der Waals surface area (Å²) in [4.78, 5) is 4.06. The van der Waals surface area contributed by atoms with Crippen molar-refractivity contribution < 1.29 is 4.74 Å². The zero-order valence-corrected chi connectivity index (χ0v) is 12.4. The zero-order chi connectivity index (χ0) is 14.7. The molecule has 3 nitrogen and oxygen atoms in total. The minimum absolute atomic E-state index is 0.245. The number of nitrogens with zero attached hydrogens (tertiary/aromatic N) is 2. The number of aromatic nitrogens is 1. The molecule has 0 aliphatic carbocycles. The lowest BCUT2D eigenvalue weighted by Gasteiger charge is -2.12. The third-order valence-electron chi connectivity index (χ3n) is 2.99. The smallest absolute Gasteiger partial charge is 0.221 e. The van der Waals surface area contributed by atoms with Crippen molar-refractivity contribution >= 4 is 11.6 Å². The fourth-order valence-corrected chi connectivity index (χ4v) is 2.27. The van der Waals surface area contributed by atoms with Gasteiger partial charge < -0.3 is 4.74 Å². The van der Waals surface area contributed by atoms with Gasteiger partial charge in [0.05, 0.1) is 11.6 Å². The van der Waals surface area contributed by atoms with Crippen LogP contribution in [0.1, 0.15) is 36.5 Å². The molecule has 102 valence electrons. The molecule has 0 radical (unpaired) electrons. The molecule has 0 fully saturated rings. The van der Waals surface area contributed by atoms with Crippen molar-refractivity contribution in [2.45, 2.75) is 26.7 Å². The molecule has 0 atom stereocenters. The van der Waals surface area contributed by atoms with Gasteiger partial charge in [0.15, 0.2) is 0 Å². The molecule has 0 bridgehead atoms. The molecule has 2 rings (SSSR count). The summed E-state index contributed by atoms with van der Waals surface area (Å²) < 4.78 is 5.67. The lowest BCUT2D eigenvalue weighted by Crippen LogP contribution is -1.94. The number of hydrogen-bond acceptors (Lipinski definition) is 3. The second-order valence-corrected chi connectivity index (χ2v) is 5.29. The van der Waals surface area contributed by atoms with E-state index >= 15 is 0 Å². The first-order valence-electron chi connectivity index (χ1n) is 6.35. The van der Waals surface area contributed by atoms with E-state index in [2.05, 4.69) is 18.8 Å². The van der Waals surface area contributed by atoms with E-state index in [0.717, 1.165) is 0 Å². The van der Waals surface area contributed by atoms with E-state index in [1.54, 1.807) is 6.07 Å². The Kier molecular flexibility index (Phi) is 4.26. The highest BCUT2D eigenvalue weighted by atomic mass is 35.5. The quantitative estimate of drug-likeness (QED) is 0.759. The number of pyridine rings is 1. The number of hydrogen-bond donors (Lipinski definition) is 0. The monoisotopic (exact) mass is 286 g/mol. The van der Waals surface area contributed by atoms with Crippen LogP contribution in [0.4, 0.5) is 0 Å². The Morgan fingerprint density at radius 3 is 2.60 bits per heavy atom. The van der Waals surface area contributed by atoms with Crippen LogP contribution in [0.5, 0.6) is 11.6 Å². The molecule has 0 aliphatic rings. The van der Waals surface area contributed by atoms with Crippen LogP contribution < -0.4 is 4.74 Å². The molecule has 1 aromatic carbocycles. The van der Waals surface area contributed by atoms with E-state index in [9.17, 15) is 0 Å². The van der Waals surface area contributed by atoms with Crippen molar-refractivity contribution in [3.63, 3.8) is 0 Å². The average Bonchev–Trinajstić information content (AvgIpc) is 2.37. The lowest BCUT2D eigenvalue weighted by atomic mass is 9.98. The molecule has 0 unspecified atom stereocenters. The first-order chi connectivity index (χ1) is 9.49.